The molecule has 4 heteroatoms. The Labute approximate surface area is 168 Å². The lowest BCUT2D eigenvalue weighted by atomic mass is 9.68. The number of carbonyl (C=O) groups excluding carboxylic acids is 1. The minimum absolute atomic E-state index is 0.0241. The van der Waals surface area contributed by atoms with Crippen molar-refractivity contribution in [3.8, 4) is 0 Å². The van der Waals surface area contributed by atoms with Gasteiger partial charge < -0.3 is 5.32 Å². The van der Waals surface area contributed by atoms with E-state index in [0.717, 1.165) is 40.1 Å². The van der Waals surface area contributed by atoms with Crippen LogP contribution in [0.1, 0.15) is 43.9 Å². The molecule has 0 saturated carbocycles. The average molecular weight is 389 g/mol. The molecule has 0 bridgehead atoms. The zero-order valence-corrected chi connectivity index (χ0v) is 16.4. The summed E-state index contributed by atoms with van der Waals surface area (Å²) in [5.74, 6) is -1.24. The molecular weight excluding hydrogens is 368 g/mol. The fourth-order valence-electron chi connectivity index (χ4n) is 4.81. The molecule has 3 aromatic carbocycles. The molecule has 1 N–H and O–H groups in total. The van der Waals surface area contributed by atoms with Crippen molar-refractivity contribution in [3.63, 3.8) is 0 Å². The maximum atomic E-state index is 14.7. The van der Waals surface area contributed by atoms with Crippen LogP contribution in [0.5, 0.6) is 0 Å². The van der Waals surface area contributed by atoms with E-state index in [1.807, 2.05) is 24.3 Å². The van der Waals surface area contributed by atoms with Gasteiger partial charge in [0.25, 0.3) is 0 Å². The highest BCUT2D eigenvalue weighted by molar-refractivity contribution is 6.12. The Bertz CT molecular complexity index is 1210. The van der Waals surface area contributed by atoms with E-state index in [9.17, 15) is 13.6 Å². The number of anilines is 1. The van der Waals surface area contributed by atoms with E-state index in [4.69, 9.17) is 0 Å². The molecule has 2 nitrogen and oxygen atoms in total. The quantitative estimate of drug-likeness (QED) is 0.520. The van der Waals surface area contributed by atoms with Crippen LogP contribution in [0.2, 0.25) is 0 Å². The minimum Gasteiger partial charge on any atom is -0.373 e. The monoisotopic (exact) mass is 389 g/mol. The third-order valence-corrected chi connectivity index (χ3v) is 6.01. The maximum absolute atomic E-state index is 14.7. The maximum Gasteiger partial charge on any atom is 0.162 e. The summed E-state index contributed by atoms with van der Waals surface area (Å²) in [6.07, 6.45) is 1.14. The van der Waals surface area contributed by atoms with Gasteiger partial charge in [0.2, 0.25) is 0 Å². The smallest absolute Gasteiger partial charge is 0.162 e. The summed E-state index contributed by atoms with van der Waals surface area (Å²) in [7, 11) is 0. The Balaban J connectivity index is 1.81. The number of benzene rings is 3. The summed E-state index contributed by atoms with van der Waals surface area (Å²) >= 11 is 0. The van der Waals surface area contributed by atoms with Crippen molar-refractivity contribution in [2.75, 3.05) is 5.32 Å². The summed E-state index contributed by atoms with van der Waals surface area (Å²) < 4.78 is 28.2. The Hall–Kier alpha value is -3.01. The molecule has 0 saturated heterocycles. The van der Waals surface area contributed by atoms with Gasteiger partial charge in [0.05, 0.1) is 6.04 Å². The summed E-state index contributed by atoms with van der Waals surface area (Å²) in [6, 6.07) is 15.1. The molecule has 1 atom stereocenters. The number of rotatable bonds is 1. The van der Waals surface area contributed by atoms with Crippen LogP contribution in [0.15, 0.2) is 60.2 Å². The highest BCUT2D eigenvalue weighted by Gasteiger charge is 2.41. The molecule has 0 unspecified atom stereocenters. The predicted molar refractivity (Wildman–Crippen MR) is 112 cm³/mol. The second-order valence-corrected chi connectivity index (χ2v) is 8.79. The molecule has 0 radical (unpaired) electrons. The van der Waals surface area contributed by atoms with Crippen molar-refractivity contribution in [1.82, 2.24) is 0 Å². The number of fused-ring (bicyclic) bond motifs is 4. The van der Waals surface area contributed by atoms with Gasteiger partial charge in [-0.15, -0.1) is 0 Å². The Morgan fingerprint density at radius 1 is 1.00 bits per heavy atom. The highest BCUT2D eigenvalue weighted by atomic mass is 19.1. The topological polar surface area (TPSA) is 29.1 Å². The molecule has 0 amide bonds. The highest BCUT2D eigenvalue weighted by Crippen LogP contribution is 2.52. The van der Waals surface area contributed by atoms with Gasteiger partial charge >= 0.3 is 0 Å². The Morgan fingerprint density at radius 3 is 2.59 bits per heavy atom. The van der Waals surface area contributed by atoms with Crippen LogP contribution in [0.4, 0.5) is 14.5 Å². The van der Waals surface area contributed by atoms with Crippen molar-refractivity contribution in [3.05, 3.63) is 82.9 Å². The number of allylic oxidation sites excluding steroid dienone is 1. The summed E-state index contributed by atoms with van der Waals surface area (Å²) in [5.41, 5.74) is 3.61. The molecule has 0 aromatic heterocycles. The number of nitrogens with one attached hydrogen (secondary N) is 1. The van der Waals surface area contributed by atoms with E-state index in [-0.39, 0.29) is 11.2 Å². The van der Waals surface area contributed by atoms with E-state index in [2.05, 4.69) is 31.3 Å². The molecule has 1 aliphatic heterocycles. The van der Waals surface area contributed by atoms with Gasteiger partial charge in [0.15, 0.2) is 5.78 Å². The van der Waals surface area contributed by atoms with Crippen molar-refractivity contribution in [2.45, 2.75) is 32.7 Å². The van der Waals surface area contributed by atoms with E-state index in [0.29, 0.717) is 17.6 Å². The van der Waals surface area contributed by atoms with Crippen molar-refractivity contribution in [2.24, 2.45) is 5.41 Å². The molecule has 0 spiro atoms. The predicted octanol–water partition coefficient (Wildman–Crippen LogP) is 6.43. The second-order valence-electron chi connectivity index (χ2n) is 8.79. The zero-order chi connectivity index (χ0) is 20.3. The van der Waals surface area contributed by atoms with E-state index < -0.39 is 17.7 Å². The van der Waals surface area contributed by atoms with E-state index in [1.165, 1.54) is 12.1 Å². The van der Waals surface area contributed by atoms with Crippen LogP contribution in [0.3, 0.4) is 0 Å². The van der Waals surface area contributed by atoms with Crippen LogP contribution in [0, 0.1) is 17.0 Å². The third kappa shape index (κ3) is 2.86. The van der Waals surface area contributed by atoms with Gasteiger partial charge in [-0.05, 0) is 40.3 Å². The lowest BCUT2D eigenvalue weighted by Gasteiger charge is -2.40. The third-order valence-electron chi connectivity index (χ3n) is 6.01. The molecule has 146 valence electrons. The van der Waals surface area contributed by atoms with Crippen molar-refractivity contribution < 1.29 is 13.6 Å². The summed E-state index contributed by atoms with van der Waals surface area (Å²) in [4.78, 5) is 13.3. The lowest BCUT2D eigenvalue weighted by molar-refractivity contribution is -0.118. The molecule has 2 aliphatic rings. The Kier molecular flexibility index (Phi) is 3.89. The molecule has 1 aliphatic carbocycles. The molecule has 3 aromatic rings. The molecule has 1 heterocycles. The SMILES string of the molecule is CC1(C)CC(=O)C2=C(C1)c1c(ccc3ccccc13)N[C@H]2c1ccc(F)cc1F. The van der Waals surface area contributed by atoms with Crippen molar-refractivity contribution in [1.29, 1.82) is 0 Å². The summed E-state index contributed by atoms with van der Waals surface area (Å²) in [6.45, 7) is 4.18. The standard InChI is InChI=1S/C25H21F2NO/c1-25(2)12-18-22-16-6-4-3-5-14(16)7-10-20(22)28-24(23(18)21(29)13-25)17-9-8-15(26)11-19(17)27/h3-11,24,28H,12-13H2,1-2H3/t24-/m0/s1. The number of Topliss-reactive ketones (excluding diaryl/α,β-unsaturated/α-hetero) is 1. The second kappa shape index (κ2) is 6.24. The minimum atomic E-state index is -0.642. The van der Waals surface area contributed by atoms with Crippen molar-refractivity contribution >= 4 is 27.8 Å². The van der Waals surface area contributed by atoms with Crippen LogP contribution < -0.4 is 5.32 Å². The number of carbonyl (C=O) groups is 1. The van der Waals surface area contributed by atoms with E-state index in [1.54, 1.807) is 0 Å². The first-order chi connectivity index (χ1) is 13.8. The van der Waals surface area contributed by atoms with E-state index >= 15 is 0 Å². The first-order valence-electron chi connectivity index (χ1n) is 9.84. The van der Waals surface area contributed by atoms with Crippen LogP contribution in [-0.4, -0.2) is 5.78 Å². The first-order valence-corrected chi connectivity index (χ1v) is 9.84. The van der Waals surface area contributed by atoms with Crippen LogP contribution in [-0.2, 0) is 4.79 Å². The van der Waals surface area contributed by atoms with Gasteiger partial charge in [-0.25, -0.2) is 8.78 Å². The van der Waals surface area contributed by atoms with Gasteiger partial charge in [-0.1, -0.05) is 50.2 Å². The molecule has 5 rings (SSSR count). The van der Waals surface area contributed by atoms with Gasteiger partial charge in [-0.2, -0.15) is 0 Å². The van der Waals surface area contributed by atoms with Crippen LogP contribution in [0.25, 0.3) is 16.3 Å². The lowest BCUT2D eigenvalue weighted by Crippen LogP contribution is -2.33. The first kappa shape index (κ1) is 18.0. The number of ketones is 1. The summed E-state index contributed by atoms with van der Waals surface area (Å²) in [5, 5.41) is 5.56. The normalized spacial score (nSPS) is 20.3. The zero-order valence-electron chi connectivity index (χ0n) is 16.4. The van der Waals surface area contributed by atoms with Crippen LogP contribution >= 0.6 is 0 Å². The van der Waals surface area contributed by atoms with Gasteiger partial charge in [0.1, 0.15) is 11.6 Å². The molecular formula is C25H21F2NO. The van der Waals surface area contributed by atoms with Gasteiger partial charge in [0, 0.05) is 34.9 Å². The average Bonchev–Trinajstić information content (AvgIpc) is 2.66. The largest absolute Gasteiger partial charge is 0.373 e. The number of hydrogen-bond acceptors (Lipinski definition) is 2. The van der Waals surface area contributed by atoms with Gasteiger partial charge in [-0.3, -0.25) is 4.79 Å². The fourth-order valence-corrected chi connectivity index (χ4v) is 4.81. The number of halogens is 2. The molecule has 29 heavy (non-hydrogen) atoms. The number of hydrogen-bond donors (Lipinski definition) is 1. The Morgan fingerprint density at radius 2 is 1.79 bits per heavy atom. The fraction of sp³-hybridized carbons (Fsp3) is 0.240. The molecule has 0 fully saturated rings.